The SMILES string of the molecule is Cc1cc(C)cc(OCC(=O)NNC(=S)NC(=O)c2ccccc2OCCC(C)C)c1. The number of ether oxygens (including phenoxy) is 2. The lowest BCUT2D eigenvalue weighted by Gasteiger charge is -2.14. The molecule has 0 aliphatic heterocycles. The molecule has 0 aliphatic rings. The van der Waals surface area contributed by atoms with Gasteiger partial charge in [0.05, 0.1) is 12.2 Å². The highest BCUT2D eigenvalue weighted by molar-refractivity contribution is 7.80. The van der Waals surface area contributed by atoms with Crippen molar-refractivity contribution >= 4 is 29.1 Å². The van der Waals surface area contributed by atoms with Gasteiger partial charge in [-0.3, -0.25) is 25.8 Å². The Morgan fingerprint density at radius 1 is 1.00 bits per heavy atom. The maximum atomic E-state index is 12.5. The van der Waals surface area contributed by atoms with Gasteiger partial charge in [0.15, 0.2) is 11.7 Å². The van der Waals surface area contributed by atoms with Crippen LogP contribution in [0.4, 0.5) is 0 Å². The summed E-state index contributed by atoms with van der Waals surface area (Å²) in [6.07, 6.45) is 0.881. The summed E-state index contributed by atoms with van der Waals surface area (Å²) >= 11 is 5.09. The predicted octanol–water partition coefficient (Wildman–Crippen LogP) is 3.44. The van der Waals surface area contributed by atoms with E-state index >= 15 is 0 Å². The van der Waals surface area contributed by atoms with E-state index in [0.29, 0.717) is 29.6 Å². The van der Waals surface area contributed by atoms with Crippen LogP contribution in [0.25, 0.3) is 0 Å². The maximum Gasteiger partial charge on any atom is 0.276 e. The van der Waals surface area contributed by atoms with Crippen molar-refractivity contribution in [2.24, 2.45) is 5.92 Å². The van der Waals surface area contributed by atoms with Gasteiger partial charge in [0.25, 0.3) is 11.8 Å². The zero-order valence-corrected chi connectivity index (χ0v) is 19.1. The van der Waals surface area contributed by atoms with Crippen molar-refractivity contribution in [3.8, 4) is 11.5 Å². The van der Waals surface area contributed by atoms with Gasteiger partial charge < -0.3 is 9.47 Å². The number of carbonyl (C=O) groups is 2. The van der Waals surface area contributed by atoms with E-state index in [-0.39, 0.29) is 11.7 Å². The second kappa shape index (κ2) is 11.9. The molecule has 8 heteroatoms. The van der Waals surface area contributed by atoms with E-state index in [4.69, 9.17) is 21.7 Å². The second-order valence-electron chi connectivity index (χ2n) is 7.60. The van der Waals surface area contributed by atoms with Crippen LogP contribution in [0.1, 0.15) is 41.8 Å². The molecule has 2 rings (SSSR count). The average molecular weight is 444 g/mol. The first-order valence-electron chi connectivity index (χ1n) is 10.1. The summed E-state index contributed by atoms with van der Waals surface area (Å²) in [7, 11) is 0. The van der Waals surface area contributed by atoms with Gasteiger partial charge in [-0.05, 0) is 73.8 Å². The topological polar surface area (TPSA) is 88.7 Å². The normalized spacial score (nSPS) is 10.4. The lowest BCUT2D eigenvalue weighted by atomic mass is 10.1. The third-order valence-corrected chi connectivity index (χ3v) is 4.40. The van der Waals surface area contributed by atoms with Gasteiger partial charge >= 0.3 is 0 Å². The third kappa shape index (κ3) is 8.64. The number of benzene rings is 2. The Labute approximate surface area is 188 Å². The number of hydrazine groups is 1. The highest BCUT2D eigenvalue weighted by atomic mass is 32.1. The summed E-state index contributed by atoms with van der Waals surface area (Å²) in [6, 6.07) is 12.6. The van der Waals surface area contributed by atoms with Crippen molar-refractivity contribution in [2.75, 3.05) is 13.2 Å². The molecule has 0 saturated carbocycles. The molecular weight excluding hydrogens is 414 g/mol. The fraction of sp³-hybridized carbons (Fsp3) is 0.348. The summed E-state index contributed by atoms with van der Waals surface area (Å²) in [5.74, 6) is 0.721. The van der Waals surface area contributed by atoms with Crippen molar-refractivity contribution in [3.05, 3.63) is 59.2 Å². The number of amides is 2. The number of nitrogens with one attached hydrogen (secondary N) is 3. The van der Waals surface area contributed by atoms with Gasteiger partial charge in [-0.25, -0.2) is 0 Å². The minimum atomic E-state index is -0.437. The van der Waals surface area contributed by atoms with E-state index in [2.05, 4.69) is 30.0 Å². The minimum absolute atomic E-state index is 0.0401. The van der Waals surface area contributed by atoms with Crippen LogP contribution < -0.4 is 25.6 Å². The van der Waals surface area contributed by atoms with Crippen LogP contribution in [-0.2, 0) is 4.79 Å². The number of carbonyl (C=O) groups excluding carboxylic acids is 2. The molecule has 3 N–H and O–H groups in total. The lowest BCUT2D eigenvalue weighted by Crippen LogP contribution is -2.49. The molecule has 0 atom stereocenters. The Balaban J connectivity index is 1.80. The Morgan fingerprint density at radius 3 is 2.35 bits per heavy atom. The molecule has 2 aromatic carbocycles. The number of aryl methyl sites for hydroxylation is 2. The number of para-hydroxylation sites is 1. The van der Waals surface area contributed by atoms with E-state index in [1.807, 2.05) is 32.0 Å². The van der Waals surface area contributed by atoms with E-state index in [1.165, 1.54) is 0 Å². The molecule has 0 aromatic heterocycles. The molecule has 0 heterocycles. The van der Waals surface area contributed by atoms with E-state index < -0.39 is 11.8 Å². The van der Waals surface area contributed by atoms with E-state index in [1.54, 1.807) is 24.3 Å². The van der Waals surface area contributed by atoms with E-state index in [0.717, 1.165) is 17.5 Å². The molecule has 0 spiro atoms. The molecule has 0 saturated heterocycles. The molecule has 7 nitrogen and oxygen atoms in total. The molecule has 166 valence electrons. The molecule has 0 unspecified atom stereocenters. The highest BCUT2D eigenvalue weighted by Crippen LogP contribution is 2.19. The van der Waals surface area contributed by atoms with Gasteiger partial charge in [-0.1, -0.05) is 32.0 Å². The van der Waals surface area contributed by atoms with E-state index in [9.17, 15) is 9.59 Å². The van der Waals surface area contributed by atoms with Gasteiger partial charge in [0.2, 0.25) is 0 Å². The van der Waals surface area contributed by atoms with Gasteiger partial charge in [0, 0.05) is 0 Å². The molecule has 31 heavy (non-hydrogen) atoms. The van der Waals surface area contributed by atoms with Crippen LogP contribution in [0.5, 0.6) is 11.5 Å². The Bertz CT molecular complexity index is 911. The first-order chi connectivity index (χ1) is 14.7. The summed E-state index contributed by atoms with van der Waals surface area (Å²) in [5.41, 5.74) is 7.35. The van der Waals surface area contributed by atoms with Gasteiger partial charge in [0.1, 0.15) is 11.5 Å². The maximum absolute atomic E-state index is 12.5. The van der Waals surface area contributed by atoms with Crippen molar-refractivity contribution in [3.63, 3.8) is 0 Å². The number of thiocarbonyl (C=S) groups is 1. The molecule has 2 aromatic rings. The standard InChI is InChI=1S/C23H29N3O4S/c1-15(2)9-10-29-20-8-6-5-7-19(20)22(28)24-23(31)26-25-21(27)14-30-18-12-16(3)11-17(4)13-18/h5-8,11-13,15H,9-10,14H2,1-4H3,(H,25,27)(H2,24,26,28,31). The van der Waals surface area contributed by atoms with Gasteiger partial charge in [-0.15, -0.1) is 0 Å². The van der Waals surface area contributed by atoms with Crippen LogP contribution in [0.3, 0.4) is 0 Å². The number of rotatable bonds is 8. The molecule has 0 radical (unpaired) electrons. The first-order valence-corrected chi connectivity index (χ1v) is 10.5. The summed E-state index contributed by atoms with van der Waals surface area (Å²) < 4.78 is 11.2. The molecule has 0 fully saturated rings. The monoisotopic (exact) mass is 443 g/mol. The van der Waals surface area contributed by atoms with Crippen LogP contribution in [0, 0.1) is 19.8 Å². The van der Waals surface area contributed by atoms with Crippen LogP contribution in [0.15, 0.2) is 42.5 Å². The molecule has 0 aliphatic carbocycles. The number of hydrogen-bond acceptors (Lipinski definition) is 5. The summed E-state index contributed by atoms with van der Waals surface area (Å²) in [6.45, 7) is 8.44. The third-order valence-electron chi connectivity index (χ3n) is 4.19. The van der Waals surface area contributed by atoms with Gasteiger partial charge in [-0.2, -0.15) is 0 Å². The van der Waals surface area contributed by atoms with Crippen molar-refractivity contribution < 1.29 is 19.1 Å². The number of hydrogen-bond donors (Lipinski definition) is 3. The second-order valence-corrected chi connectivity index (χ2v) is 8.00. The zero-order valence-electron chi connectivity index (χ0n) is 18.3. The fourth-order valence-corrected chi connectivity index (χ4v) is 2.86. The summed E-state index contributed by atoms with van der Waals surface area (Å²) in [4.78, 5) is 24.5. The zero-order chi connectivity index (χ0) is 22.8. The molecule has 2 amide bonds. The van der Waals surface area contributed by atoms with Crippen LogP contribution in [-0.4, -0.2) is 30.1 Å². The quantitative estimate of drug-likeness (QED) is 0.428. The average Bonchev–Trinajstić information content (AvgIpc) is 2.70. The van der Waals surface area contributed by atoms with Crippen LogP contribution in [0.2, 0.25) is 0 Å². The minimum Gasteiger partial charge on any atom is -0.493 e. The first kappa shape index (κ1) is 24.1. The van der Waals surface area contributed by atoms with Crippen molar-refractivity contribution in [2.45, 2.75) is 34.1 Å². The smallest absolute Gasteiger partial charge is 0.276 e. The molecule has 0 bridgehead atoms. The lowest BCUT2D eigenvalue weighted by molar-refractivity contribution is -0.123. The largest absolute Gasteiger partial charge is 0.493 e. The van der Waals surface area contributed by atoms with Crippen molar-refractivity contribution in [1.29, 1.82) is 0 Å². The summed E-state index contributed by atoms with van der Waals surface area (Å²) in [5, 5.41) is 2.49. The molecular formula is C23H29N3O4S. The predicted molar refractivity (Wildman–Crippen MR) is 124 cm³/mol. The van der Waals surface area contributed by atoms with Crippen molar-refractivity contribution in [1.82, 2.24) is 16.2 Å². The fourth-order valence-electron chi connectivity index (χ4n) is 2.71. The Hall–Kier alpha value is -3.13. The highest BCUT2D eigenvalue weighted by Gasteiger charge is 2.14. The Morgan fingerprint density at radius 2 is 1.68 bits per heavy atom. The van der Waals surface area contributed by atoms with Crippen LogP contribution >= 0.6 is 12.2 Å². The Kier molecular flexibility index (Phi) is 9.27.